The number of phosphoric ester groups is 2. The molecule has 19 heteroatoms. The van der Waals surface area contributed by atoms with E-state index in [2.05, 4.69) is 55.4 Å². The molecule has 0 bridgehead atoms. The van der Waals surface area contributed by atoms with Gasteiger partial charge >= 0.3 is 39.5 Å². The first-order valence-corrected chi connectivity index (χ1v) is 40.7. The molecule has 0 radical (unpaired) electrons. The van der Waals surface area contributed by atoms with Gasteiger partial charge in [-0.3, -0.25) is 37.3 Å². The van der Waals surface area contributed by atoms with Crippen molar-refractivity contribution >= 4 is 39.5 Å². The van der Waals surface area contributed by atoms with Gasteiger partial charge in [-0.1, -0.05) is 312 Å². The summed E-state index contributed by atoms with van der Waals surface area (Å²) in [5.74, 6) is 0.905. The Labute approximate surface area is 562 Å². The van der Waals surface area contributed by atoms with Gasteiger partial charge in [0, 0.05) is 25.7 Å². The molecular formula is C73H142O17P2. The molecule has 4 unspecified atom stereocenters. The molecular weight excluding hydrogens is 1210 g/mol. The van der Waals surface area contributed by atoms with Gasteiger partial charge in [0.05, 0.1) is 26.4 Å². The van der Waals surface area contributed by atoms with E-state index in [1.165, 1.54) is 167 Å². The van der Waals surface area contributed by atoms with Crippen molar-refractivity contribution in [2.45, 2.75) is 382 Å². The molecule has 0 fully saturated rings. The Morgan fingerprint density at radius 3 is 0.772 bits per heavy atom. The van der Waals surface area contributed by atoms with E-state index in [0.29, 0.717) is 25.7 Å². The third-order valence-electron chi connectivity index (χ3n) is 17.2. The summed E-state index contributed by atoms with van der Waals surface area (Å²) >= 11 is 0. The number of carbonyl (C=O) groups is 4. The second-order valence-corrected chi connectivity index (χ2v) is 30.9. The average molecular weight is 1350 g/mol. The zero-order valence-corrected chi connectivity index (χ0v) is 62.0. The highest BCUT2D eigenvalue weighted by molar-refractivity contribution is 7.47. The van der Waals surface area contributed by atoms with E-state index in [1.807, 2.05) is 0 Å². The second kappa shape index (κ2) is 62.6. The Hall–Kier alpha value is -1.94. The zero-order valence-electron chi connectivity index (χ0n) is 60.2. The van der Waals surface area contributed by atoms with Gasteiger partial charge in [-0.25, -0.2) is 9.13 Å². The molecule has 546 valence electrons. The quantitative estimate of drug-likeness (QED) is 0.0222. The number of carbonyl (C=O) groups excluding carboxylic acids is 4. The number of hydrogen-bond donors (Lipinski definition) is 3. The summed E-state index contributed by atoms with van der Waals surface area (Å²) < 4.78 is 68.4. The van der Waals surface area contributed by atoms with Gasteiger partial charge in [0.15, 0.2) is 12.2 Å². The van der Waals surface area contributed by atoms with E-state index in [0.717, 1.165) is 114 Å². The van der Waals surface area contributed by atoms with Crippen molar-refractivity contribution in [3.05, 3.63) is 0 Å². The lowest BCUT2D eigenvalue weighted by atomic mass is 9.99. The average Bonchev–Trinajstić information content (AvgIpc) is 3.70. The number of phosphoric acid groups is 2. The molecule has 0 spiro atoms. The van der Waals surface area contributed by atoms with Crippen LogP contribution in [-0.2, 0) is 65.4 Å². The minimum absolute atomic E-state index is 0.104. The molecule has 0 aliphatic rings. The Morgan fingerprint density at radius 2 is 0.522 bits per heavy atom. The first-order chi connectivity index (χ1) is 44.1. The molecule has 6 atom stereocenters. The maximum atomic E-state index is 13.0. The maximum absolute atomic E-state index is 13.0. The minimum Gasteiger partial charge on any atom is -0.462 e. The third-order valence-corrected chi connectivity index (χ3v) is 19.1. The van der Waals surface area contributed by atoms with Crippen LogP contribution in [0, 0.1) is 23.7 Å². The molecule has 3 N–H and O–H groups in total. The monoisotopic (exact) mass is 1350 g/mol. The van der Waals surface area contributed by atoms with E-state index in [-0.39, 0.29) is 25.7 Å². The topological polar surface area (TPSA) is 237 Å². The molecule has 0 saturated carbocycles. The third kappa shape index (κ3) is 65.4. The number of esters is 4. The van der Waals surface area contributed by atoms with Crippen molar-refractivity contribution < 1.29 is 80.2 Å². The maximum Gasteiger partial charge on any atom is 0.472 e. The number of aliphatic hydroxyl groups is 1. The number of hydrogen-bond acceptors (Lipinski definition) is 15. The molecule has 0 saturated heterocycles. The van der Waals surface area contributed by atoms with Gasteiger partial charge in [0.25, 0.3) is 0 Å². The highest BCUT2D eigenvalue weighted by atomic mass is 31.2. The first-order valence-electron chi connectivity index (χ1n) is 37.7. The predicted molar refractivity (Wildman–Crippen MR) is 372 cm³/mol. The number of unbranched alkanes of at least 4 members (excludes halogenated alkanes) is 35. The molecule has 0 heterocycles. The summed E-state index contributed by atoms with van der Waals surface area (Å²) in [4.78, 5) is 72.7. The number of aliphatic hydroxyl groups excluding tert-OH is 1. The van der Waals surface area contributed by atoms with Crippen molar-refractivity contribution in [2.24, 2.45) is 23.7 Å². The van der Waals surface area contributed by atoms with Gasteiger partial charge in [0.1, 0.15) is 19.3 Å². The normalized spacial score (nSPS) is 14.5. The van der Waals surface area contributed by atoms with Gasteiger partial charge in [-0.15, -0.1) is 0 Å². The van der Waals surface area contributed by atoms with Crippen LogP contribution in [0.25, 0.3) is 0 Å². The molecule has 17 nitrogen and oxygen atoms in total. The Morgan fingerprint density at radius 1 is 0.304 bits per heavy atom. The van der Waals surface area contributed by atoms with Crippen LogP contribution >= 0.6 is 15.6 Å². The molecule has 0 aromatic carbocycles. The first kappa shape index (κ1) is 90.1. The minimum atomic E-state index is -4.95. The molecule has 0 aromatic heterocycles. The van der Waals surface area contributed by atoms with E-state index in [9.17, 15) is 43.2 Å². The van der Waals surface area contributed by atoms with Crippen LogP contribution in [0.1, 0.15) is 364 Å². The molecule has 0 amide bonds. The van der Waals surface area contributed by atoms with E-state index in [1.54, 1.807) is 0 Å². The summed E-state index contributed by atoms with van der Waals surface area (Å²) in [6.45, 7) is 14.1. The van der Waals surface area contributed by atoms with Crippen molar-refractivity contribution in [3.63, 3.8) is 0 Å². The fourth-order valence-electron chi connectivity index (χ4n) is 11.0. The second-order valence-electron chi connectivity index (χ2n) is 28.0. The number of rotatable bonds is 70. The lowest BCUT2D eigenvalue weighted by Gasteiger charge is -2.21. The van der Waals surface area contributed by atoms with Crippen LogP contribution in [0.3, 0.4) is 0 Å². The van der Waals surface area contributed by atoms with Crippen LogP contribution in [0.15, 0.2) is 0 Å². The lowest BCUT2D eigenvalue weighted by molar-refractivity contribution is -0.161. The Kier molecular flexibility index (Phi) is 61.3. The van der Waals surface area contributed by atoms with Crippen LogP contribution in [-0.4, -0.2) is 96.7 Å². The zero-order chi connectivity index (χ0) is 68.2. The fraction of sp³-hybridized carbons (Fsp3) is 0.945. The molecule has 0 aromatic rings. The van der Waals surface area contributed by atoms with E-state index >= 15 is 0 Å². The predicted octanol–water partition coefficient (Wildman–Crippen LogP) is 20.9. The summed E-state index contributed by atoms with van der Waals surface area (Å²) in [6.07, 6.45) is 45.8. The molecule has 0 aliphatic heterocycles. The van der Waals surface area contributed by atoms with Gasteiger partial charge in [-0.05, 0) is 49.4 Å². The largest absolute Gasteiger partial charge is 0.472 e. The van der Waals surface area contributed by atoms with Crippen LogP contribution < -0.4 is 0 Å². The summed E-state index contributed by atoms with van der Waals surface area (Å²) in [6, 6.07) is 0. The highest BCUT2D eigenvalue weighted by Crippen LogP contribution is 2.45. The number of ether oxygens (including phenoxy) is 4. The van der Waals surface area contributed by atoms with Gasteiger partial charge in [0.2, 0.25) is 0 Å². The van der Waals surface area contributed by atoms with E-state index < -0.39 is 97.5 Å². The van der Waals surface area contributed by atoms with Crippen molar-refractivity contribution in [1.82, 2.24) is 0 Å². The van der Waals surface area contributed by atoms with Gasteiger partial charge in [-0.2, -0.15) is 0 Å². The fourth-order valence-corrected chi connectivity index (χ4v) is 12.6. The molecule has 0 aliphatic carbocycles. The summed E-state index contributed by atoms with van der Waals surface area (Å²) in [7, 11) is -9.91. The van der Waals surface area contributed by atoms with Crippen molar-refractivity contribution in [1.29, 1.82) is 0 Å². The Bertz CT molecular complexity index is 1820. The highest BCUT2D eigenvalue weighted by Gasteiger charge is 2.30. The van der Waals surface area contributed by atoms with E-state index in [4.69, 9.17) is 37.0 Å². The molecule has 0 rings (SSSR count). The molecule has 92 heavy (non-hydrogen) atoms. The SMILES string of the molecule is CCC(C)CCCCCCCCCCC(=O)O[C@H](COC(=O)CCCCCCCCCCC(C)C)COP(=O)(O)OCC(O)COP(=O)(O)OC[C@@H](COC(=O)CCCCCCCCCCCCCCCCC(C)C)OC(=O)CCCCCCCCCCCC(C)C. The van der Waals surface area contributed by atoms with Crippen LogP contribution in [0.4, 0.5) is 0 Å². The van der Waals surface area contributed by atoms with Crippen molar-refractivity contribution in [2.75, 3.05) is 39.6 Å². The Balaban J connectivity index is 5.24. The summed E-state index contributed by atoms with van der Waals surface area (Å²) in [5.41, 5.74) is 0. The van der Waals surface area contributed by atoms with Gasteiger partial charge < -0.3 is 33.8 Å². The van der Waals surface area contributed by atoms with Crippen LogP contribution in [0.5, 0.6) is 0 Å². The standard InChI is InChI=1S/C73H142O17P2/c1-9-66(8)52-44-36-28-22-24-32-40-48-56-73(78)90-69(60-84-71(76)54-46-38-30-23-21-27-35-43-51-65(6)7)62-88-92(81,82)86-58-67(74)57-85-91(79,80)87-61-68(89-72(77)55-47-39-31-20-16-18-26-34-42-50-64(4)5)59-83-70(75)53-45-37-29-19-15-13-11-10-12-14-17-25-33-41-49-63(2)3/h63-69,74H,9-62H2,1-8H3,(H,79,80)(H,81,82)/t66?,67?,68-,69-/m1/s1. The van der Waals surface area contributed by atoms with Crippen molar-refractivity contribution in [3.8, 4) is 0 Å². The smallest absolute Gasteiger partial charge is 0.462 e. The van der Waals surface area contributed by atoms with Crippen LogP contribution in [0.2, 0.25) is 0 Å². The lowest BCUT2D eigenvalue weighted by Crippen LogP contribution is -2.30. The summed E-state index contributed by atoms with van der Waals surface area (Å²) in [5, 5.41) is 10.6.